The standard InChI is InChI=1S/C14H18BrN3S/c1-18(10-12-6-3-2-4-7-12)9-5-8-16-14-17-13(15)11-19-14/h2-4,6-7,11H,5,8-10H2,1H3,(H,16,17). The van der Waals surface area contributed by atoms with Crippen LogP contribution in [0.1, 0.15) is 12.0 Å². The minimum Gasteiger partial charge on any atom is -0.361 e. The van der Waals surface area contributed by atoms with E-state index in [2.05, 4.69) is 68.5 Å². The number of hydrogen-bond donors (Lipinski definition) is 1. The Morgan fingerprint density at radius 2 is 2.11 bits per heavy atom. The predicted octanol–water partition coefficient (Wildman–Crippen LogP) is 3.84. The fourth-order valence-corrected chi connectivity index (χ4v) is 3.03. The molecular formula is C14H18BrN3S. The van der Waals surface area contributed by atoms with Crippen LogP contribution in [0.2, 0.25) is 0 Å². The molecule has 5 heteroatoms. The summed E-state index contributed by atoms with van der Waals surface area (Å²) in [6.45, 7) is 3.04. The molecule has 0 saturated heterocycles. The van der Waals surface area contributed by atoms with Crippen LogP contribution in [0.15, 0.2) is 40.3 Å². The lowest BCUT2D eigenvalue weighted by molar-refractivity contribution is 0.325. The molecular weight excluding hydrogens is 322 g/mol. The highest BCUT2D eigenvalue weighted by Gasteiger charge is 2.01. The van der Waals surface area contributed by atoms with Crippen LogP contribution in [-0.4, -0.2) is 30.0 Å². The van der Waals surface area contributed by atoms with Crippen molar-refractivity contribution in [1.82, 2.24) is 9.88 Å². The molecule has 0 unspecified atom stereocenters. The lowest BCUT2D eigenvalue weighted by atomic mass is 10.2. The van der Waals surface area contributed by atoms with E-state index in [1.54, 1.807) is 11.3 Å². The molecule has 102 valence electrons. The Balaban J connectivity index is 1.63. The van der Waals surface area contributed by atoms with Crippen molar-refractivity contribution in [3.05, 3.63) is 45.9 Å². The fourth-order valence-electron chi connectivity index (χ4n) is 1.85. The first-order chi connectivity index (χ1) is 9.24. The molecule has 0 aliphatic rings. The van der Waals surface area contributed by atoms with Crippen LogP contribution in [-0.2, 0) is 6.54 Å². The van der Waals surface area contributed by atoms with Crippen LogP contribution in [0, 0.1) is 0 Å². The highest BCUT2D eigenvalue weighted by atomic mass is 79.9. The predicted molar refractivity (Wildman–Crippen MR) is 85.7 cm³/mol. The first kappa shape index (κ1) is 14.5. The van der Waals surface area contributed by atoms with Gasteiger partial charge in [0.1, 0.15) is 4.60 Å². The Morgan fingerprint density at radius 3 is 2.79 bits per heavy atom. The molecule has 0 radical (unpaired) electrons. The minimum absolute atomic E-state index is 0.904. The number of rotatable bonds is 7. The third kappa shape index (κ3) is 5.30. The summed E-state index contributed by atoms with van der Waals surface area (Å²) in [5.41, 5.74) is 1.36. The number of anilines is 1. The van der Waals surface area contributed by atoms with Gasteiger partial charge in [0.25, 0.3) is 0 Å². The van der Waals surface area contributed by atoms with Crippen molar-refractivity contribution in [1.29, 1.82) is 0 Å². The third-order valence-corrected chi connectivity index (χ3v) is 4.27. The molecule has 0 spiro atoms. The summed E-state index contributed by atoms with van der Waals surface area (Å²) < 4.78 is 0.904. The van der Waals surface area contributed by atoms with Crippen molar-refractivity contribution < 1.29 is 0 Å². The molecule has 2 aromatic rings. The van der Waals surface area contributed by atoms with Crippen LogP contribution in [0.5, 0.6) is 0 Å². The second kappa shape index (κ2) is 7.62. The molecule has 0 bridgehead atoms. The Labute approximate surface area is 126 Å². The topological polar surface area (TPSA) is 28.2 Å². The fraction of sp³-hybridized carbons (Fsp3) is 0.357. The van der Waals surface area contributed by atoms with E-state index in [1.165, 1.54) is 5.56 Å². The number of hydrogen-bond acceptors (Lipinski definition) is 4. The van der Waals surface area contributed by atoms with Gasteiger partial charge in [0, 0.05) is 18.5 Å². The summed E-state index contributed by atoms with van der Waals surface area (Å²) in [6, 6.07) is 10.6. The van der Waals surface area contributed by atoms with Crippen molar-refractivity contribution in [3.63, 3.8) is 0 Å². The smallest absolute Gasteiger partial charge is 0.183 e. The quantitative estimate of drug-likeness (QED) is 0.777. The minimum atomic E-state index is 0.904. The maximum Gasteiger partial charge on any atom is 0.183 e. The van der Waals surface area contributed by atoms with Gasteiger partial charge in [0.15, 0.2) is 5.13 Å². The zero-order valence-electron chi connectivity index (χ0n) is 11.0. The van der Waals surface area contributed by atoms with E-state index >= 15 is 0 Å². The SMILES string of the molecule is CN(CCCNc1nc(Br)cs1)Cc1ccccc1. The first-order valence-electron chi connectivity index (χ1n) is 6.31. The van der Waals surface area contributed by atoms with Crippen molar-refractivity contribution in [3.8, 4) is 0 Å². The summed E-state index contributed by atoms with van der Waals surface area (Å²) in [5, 5.41) is 6.31. The van der Waals surface area contributed by atoms with Crippen LogP contribution < -0.4 is 5.32 Å². The molecule has 1 aromatic heterocycles. The van der Waals surface area contributed by atoms with Crippen LogP contribution >= 0.6 is 27.3 Å². The van der Waals surface area contributed by atoms with Crippen LogP contribution in [0.4, 0.5) is 5.13 Å². The number of aromatic nitrogens is 1. The van der Waals surface area contributed by atoms with Gasteiger partial charge in [-0.3, -0.25) is 0 Å². The van der Waals surface area contributed by atoms with Crippen molar-refractivity contribution in [2.45, 2.75) is 13.0 Å². The zero-order valence-corrected chi connectivity index (χ0v) is 13.4. The number of benzene rings is 1. The van der Waals surface area contributed by atoms with Gasteiger partial charge in [-0.1, -0.05) is 30.3 Å². The monoisotopic (exact) mass is 339 g/mol. The second-order valence-electron chi connectivity index (χ2n) is 4.48. The van der Waals surface area contributed by atoms with Gasteiger partial charge >= 0.3 is 0 Å². The molecule has 0 aliphatic heterocycles. The van der Waals surface area contributed by atoms with Gasteiger partial charge < -0.3 is 10.2 Å². The van der Waals surface area contributed by atoms with Gasteiger partial charge in [-0.25, -0.2) is 4.98 Å². The van der Waals surface area contributed by atoms with Gasteiger partial charge in [-0.2, -0.15) is 0 Å². The molecule has 3 nitrogen and oxygen atoms in total. The second-order valence-corrected chi connectivity index (χ2v) is 6.15. The highest BCUT2D eigenvalue weighted by Crippen LogP contribution is 2.19. The molecule has 0 fully saturated rings. The van der Waals surface area contributed by atoms with Crippen molar-refractivity contribution >= 4 is 32.4 Å². The number of thiazole rings is 1. The molecule has 0 saturated carbocycles. The Morgan fingerprint density at radius 1 is 1.32 bits per heavy atom. The maximum atomic E-state index is 4.31. The van der Waals surface area contributed by atoms with E-state index in [1.807, 2.05) is 5.38 Å². The van der Waals surface area contributed by atoms with Gasteiger partial charge in [0.05, 0.1) is 0 Å². The zero-order chi connectivity index (χ0) is 13.5. The van der Waals surface area contributed by atoms with Crippen molar-refractivity contribution in [2.75, 3.05) is 25.5 Å². The van der Waals surface area contributed by atoms with Crippen LogP contribution in [0.3, 0.4) is 0 Å². The first-order valence-corrected chi connectivity index (χ1v) is 7.98. The summed E-state index contributed by atoms with van der Waals surface area (Å²) in [6.07, 6.45) is 1.11. The summed E-state index contributed by atoms with van der Waals surface area (Å²) in [4.78, 5) is 6.65. The molecule has 0 atom stereocenters. The Kier molecular flexibility index (Phi) is 5.82. The van der Waals surface area contributed by atoms with E-state index in [0.717, 1.165) is 35.8 Å². The summed E-state index contributed by atoms with van der Waals surface area (Å²) >= 11 is 4.98. The largest absolute Gasteiger partial charge is 0.361 e. The molecule has 1 heterocycles. The van der Waals surface area contributed by atoms with E-state index in [-0.39, 0.29) is 0 Å². The third-order valence-electron chi connectivity index (χ3n) is 2.76. The number of nitrogens with one attached hydrogen (secondary N) is 1. The summed E-state index contributed by atoms with van der Waals surface area (Å²) in [7, 11) is 2.16. The highest BCUT2D eigenvalue weighted by molar-refractivity contribution is 9.10. The van der Waals surface area contributed by atoms with E-state index in [4.69, 9.17) is 0 Å². The Hall–Kier alpha value is -0.910. The average molecular weight is 340 g/mol. The molecule has 0 amide bonds. The molecule has 1 N–H and O–H groups in total. The maximum absolute atomic E-state index is 4.31. The number of nitrogens with zero attached hydrogens (tertiary/aromatic N) is 2. The van der Waals surface area contributed by atoms with Gasteiger partial charge in [-0.05, 0) is 41.5 Å². The lowest BCUT2D eigenvalue weighted by Crippen LogP contribution is -2.21. The van der Waals surface area contributed by atoms with E-state index < -0.39 is 0 Å². The van der Waals surface area contributed by atoms with E-state index in [9.17, 15) is 0 Å². The molecule has 1 aromatic carbocycles. The molecule has 0 aliphatic carbocycles. The van der Waals surface area contributed by atoms with Crippen LogP contribution in [0.25, 0.3) is 0 Å². The van der Waals surface area contributed by atoms with Gasteiger partial charge in [-0.15, -0.1) is 11.3 Å². The normalized spacial score (nSPS) is 10.9. The Bertz CT molecular complexity index is 486. The molecule has 2 rings (SSSR count). The van der Waals surface area contributed by atoms with Gasteiger partial charge in [0.2, 0.25) is 0 Å². The summed E-state index contributed by atoms with van der Waals surface area (Å²) in [5.74, 6) is 0. The molecule has 19 heavy (non-hydrogen) atoms. The number of halogens is 1. The van der Waals surface area contributed by atoms with Crippen molar-refractivity contribution in [2.24, 2.45) is 0 Å². The average Bonchev–Trinajstić information content (AvgIpc) is 2.82. The lowest BCUT2D eigenvalue weighted by Gasteiger charge is -2.16. The van der Waals surface area contributed by atoms with E-state index in [0.29, 0.717) is 0 Å².